The molecule has 0 bridgehead atoms. The van der Waals surface area contributed by atoms with Crippen LogP contribution < -0.4 is 5.32 Å². The molecule has 1 heterocycles. The van der Waals surface area contributed by atoms with Crippen molar-refractivity contribution in [2.75, 3.05) is 17.8 Å². The maximum absolute atomic E-state index is 12.4. The summed E-state index contributed by atoms with van der Waals surface area (Å²) in [6.45, 7) is 0. The van der Waals surface area contributed by atoms with Crippen molar-refractivity contribution in [3.05, 3.63) is 65.5 Å². The number of hydrogen-bond acceptors (Lipinski definition) is 8. The second-order valence-corrected chi connectivity index (χ2v) is 10.3. The summed E-state index contributed by atoms with van der Waals surface area (Å²) in [7, 11) is -6.87. The quantitative estimate of drug-likeness (QED) is 0.618. The Morgan fingerprint density at radius 3 is 2.21 bits per heavy atom. The molecule has 11 heteroatoms. The van der Waals surface area contributed by atoms with Crippen molar-refractivity contribution in [3.8, 4) is 0 Å². The van der Waals surface area contributed by atoms with E-state index in [1.807, 2.05) is 0 Å². The fourth-order valence-corrected chi connectivity index (χ4v) is 4.06. The topological polar surface area (TPSA) is 136 Å². The van der Waals surface area contributed by atoms with Crippen LogP contribution in [0.5, 0.6) is 0 Å². The molecule has 0 atom stereocenters. The second-order valence-electron chi connectivity index (χ2n) is 6.32. The van der Waals surface area contributed by atoms with Crippen LogP contribution in [0.3, 0.4) is 0 Å². The lowest BCUT2D eigenvalue weighted by molar-refractivity contribution is 0.102. The summed E-state index contributed by atoms with van der Waals surface area (Å²) >= 11 is 0. The van der Waals surface area contributed by atoms with Gasteiger partial charge in [0.05, 0.1) is 21.8 Å². The lowest BCUT2D eigenvalue weighted by Gasteiger charge is -2.06. The molecule has 0 unspecified atom stereocenters. The Balaban J connectivity index is 1.74. The van der Waals surface area contributed by atoms with E-state index < -0.39 is 25.6 Å². The molecule has 1 N–H and O–H groups in total. The van der Waals surface area contributed by atoms with E-state index in [2.05, 4.69) is 15.5 Å². The minimum absolute atomic E-state index is 0.0360. The minimum atomic E-state index is -3.59. The smallest absolute Gasteiger partial charge is 0.322 e. The van der Waals surface area contributed by atoms with Crippen LogP contribution in [-0.4, -0.2) is 45.5 Å². The Kier molecular flexibility index (Phi) is 5.53. The molecule has 152 valence electrons. The molecular weight excluding hydrogens is 418 g/mol. The molecule has 1 aromatic heterocycles. The van der Waals surface area contributed by atoms with Crippen molar-refractivity contribution in [2.45, 2.75) is 16.2 Å². The molecule has 3 aromatic rings. The number of carbonyl (C=O) groups excluding carboxylic acids is 1. The molecule has 0 radical (unpaired) electrons. The van der Waals surface area contributed by atoms with Crippen LogP contribution in [0.15, 0.2) is 62.7 Å². The first-order valence-corrected chi connectivity index (χ1v) is 12.0. The van der Waals surface area contributed by atoms with Crippen LogP contribution in [-0.2, 0) is 26.1 Å². The predicted molar refractivity (Wildman–Crippen MR) is 104 cm³/mol. The van der Waals surface area contributed by atoms with Gasteiger partial charge in [-0.05, 0) is 29.8 Å². The number of carbonyl (C=O) groups is 1. The number of rotatable bonds is 6. The van der Waals surface area contributed by atoms with Crippen LogP contribution >= 0.6 is 0 Å². The Labute approximate surface area is 167 Å². The fraction of sp³-hybridized carbons (Fsp3) is 0.167. The average molecular weight is 435 g/mol. The van der Waals surface area contributed by atoms with E-state index in [-0.39, 0.29) is 33.7 Å². The van der Waals surface area contributed by atoms with Crippen LogP contribution in [0.4, 0.5) is 6.01 Å². The predicted octanol–water partition coefficient (Wildman–Crippen LogP) is 1.72. The van der Waals surface area contributed by atoms with Crippen molar-refractivity contribution in [3.63, 3.8) is 0 Å². The molecule has 9 nitrogen and oxygen atoms in total. The van der Waals surface area contributed by atoms with E-state index in [0.717, 1.165) is 18.1 Å². The molecule has 0 saturated carbocycles. The highest BCUT2D eigenvalue weighted by Crippen LogP contribution is 2.18. The van der Waals surface area contributed by atoms with Gasteiger partial charge in [0.1, 0.15) is 0 Å². The van der Waals surface area contributed by atoms with E-state index in [1.54, 1.807) is 18.2 Å². The number of nitrogens with zero attached hydrogens (tertiary/aromatic N) is 2. The number of benzene rings is 2. The van der Waals surface area contributed by atoms with Gasteiger partial charge < -0.3 is 4.42 Å². The number of hydrogen-bond donors (Lipinski definition) is 1. The van der Waals surface area contributed by atoms with Crippen LogP contribution in [0.2, 0.25) is 0 Å². The van der Waals surface area contributed by atoms with Gasteiger partial charge in [0.15, 0.2) is 19.7 Å². The molecule has 2 aromatic carbocycles. The molecule has 29 heavy (non-hydrogen) atoms. The maximum Gasteiger partial charge on any atom is 0.322 e. The summed E-state index contributed by atoms with van der Waals surface area (Å²) < 4.78 is 52.0. The van der Waals surface area contributed by atoms with Gasteiger partial charge in [-0.2, -0.15) is 0 Å². The molecule has 0 spiro atoms. The SMILES string of the molecule is CS(=O)(=O)c1ccc(Cc2nnc(NC(=O)c3ccccc3S(C)(=O)=O)o2)cc1. The fourth-order valence-electron chi connectivity index (χ4n) is 2.55. The molecule has 0 aliphatic rings. The first-order valence-electron chi connectivity index (χ1n) is 8.26. The van der Waals surface area contributed by atoms with Gasteiger partial charge in [-0.15, -0.1) is 5.10 Å². The zero-order valence-corrected chi connectivity index (χ0v) is 17.1. The summed E-state index contributed by atoms with van der Waals surface area (Å²) in [4.78, 5) is 12.5. The molecule has 1 amide bonds. The second kappa shape index (κ2) is 7.76. The molecule has 0 aliphatic heterocycles. The number of amides is 1. The molecule has 0 fully saturated rings. The normalized spacial score (nSPS) is 11.9. The molecular formula is C18H17N3O6S2. The Hall–Kier alpha value is -3.05. The van der Waals surface area contributed by atoms with Crippen LogP contribution in [0.25, 0.3) is 0 Å². The van der Waals surface area contributed by atoms with Gasteiger partial charge in [-0.25, -0.2) is 16.8 Å². The van der Waals surface area contributed by atoms with Crippen molar-refractivity contribution < 1.29 is 26.0 Å². The zero-order chi connectivity index (χ0) is 21.2. The van der Waals surface area contributed by atoms with Gasteiger partial charge >= 0.3 is 6.01 Å². The van der Waals surface area contributed by atoms with E-state index >= 15 is 0 Å². The lowest BCUT2D eigenvalue weighted by Crippen LogP contribution is -2.16. The summed E-state index contributed by atoms with van der Waals surface area (Å²) in [5, 5.41) is 9.95. The first kappa shape index (κ1) is 20.7. The van der Waals surface area contributed by atoms with E-state index in [0.29, 0.717) is 0 Å². The first-order chi connectivity index (χ1) is 13.5. The van der Waals surface area contributed by atoms with Gasteiger partial charge in [0.25, 0.3) is 5.91 Å². The van der Waals surface area contributed by atoms with Gasteiger partial charge in [-0.1, -0.05) is 29.4 Å². The van der Waals surface area contributed by atoms with Crippen LogP contribution in [0, 0.1) is 0 Å². The summed E-state index contributed by atoms with van der Waals surface area (Å²) in [6, 6.07) is 11.8. The lowest BCUT2D eigenvalue weighted by atomic mass is 10.1. The number of aromatic nitrogens is 2. The highest BCUT2D eigenvalue weighted by atomic mass is 32.2. The maximum atomic E-state index is 12.4. The number of sulfone groups is 2. The number of anilines is 1. The summed E-state index contributed by atoms with van der Waals surface area (Å²) in [5.74, 6) is -0.498. The van der Waals surface area contributed by atoms with Gasteiger partial charge in [0.2, 0.25) is 5.89 Å². The Morgan fingerprint density at radius 1 is 0.931 bits per heavy atom. The highest BCUT2D eigenvalue weighted by Gasteiger charge is 2.20. The third kappa shape index (κ3) is 5.06. The molecule has 0 saturated heterocycles. The number of nitrogens with one attached hydrogen (secondary N) is 1. The van der Waals surface area contributed by atoms with Gasteiger partial charge in [-0.3, -0.25) is 10.1 Å². The van der Waals surface area contributed by atoms with Crippen LogP contribution in [0.1, 0.15) is 21.8 Å². The minimum Gasteiger partial charge on any atom is -0.407 e. The van der Waals surface area contributed by atoms with E-state index in [4.69, 9.17) is 4.42 Å². The van der Waals surface area contributed by atoms with Gasteiger partial charge in [0, 0.05) is 12.5 Å². The summed E-state index contributed by atoms with van der Waals surface area (Å²) in [5.41, 5.74) is 0.701. The Bertz CT molecular complexity index is 1260. The third-order valence-corrected chi connectivity index (χ3v) is 6.21. The molecule has 3 rings (SSSR count). The molecule has 0 aliphatic carbocycles. The summed E-state index contributed by atoms with van der Waals surface area (Å²) in [6.07, 6.45) is 2.36. The average Bonchev–Trinajstić information content (AvgIpc) is 3.07. The highest BCUT2D eigenvalue weighted by molar-refractivity contribution is 7.91. The standard InChI is InChI=1S/C18H17N3O6S2/c1-28(23,24)13-9-7-12(8-10-13)11-16-20-21-18(27-16)19-17(22)14-5-3-4-6-15(14)29(2,25)26/h3-10H,11H2,1-2H3,(H,19,21,22). The van der Waals surface area contributed by atoms with Crippen molar-refractivity contribution in [2.24, 2.45) is 0 Å². The van der Waals surface area contributed by atoms with Crippen molar-refractivity contribution >= 4 is 31.6 Å². The van der Waals surface area contributed by atoms with E-state index in [9.17, 15) is 21.6 Å². The van der Waals surface area contributed by atoms with E-state index in [1.165, 1.54) is 30.3 Å². The monoisotopic (exact) mass is 435 g/mol. The van der Waals surface area contributed by atoms with Crippen molar-refractivity contribution in [1.82, 2.24) is 10.2 Å². The largest absolute Gasteiger partial charge is 0.407 e. The van der Waals surface area contributed by atoms with Crippen molar-refractivity contribution in [1.29, 1.82) is 0 Å². The Morgan fingerprint density at radius 2 is 1.59 bits per heavy atom. The zero-order valence-electron chi connectivity index (χ0n) is 15.5. The third-order valence-electron chi connectivity index (χ3n) is 3.93.